The van der Waals surface area contributed by atoms with Gasteiger partial charge in [-0.25, -0.2) is 4.79 Å². The van der Waals surface area contributed by atoms with Crippen LogP contribution in [0.3, 0.4) is 0 Å². The fraction of sp³-hybridized carbons (Fsp3) is 0.273. The van der Waals surface area contributed by atoms with Gasteiger partial charge < -0.3 is 20.9 Å². The van der Waals surface area contributed by atoms with Crippen molar-refractivity contribution >= 4 is 33.5 Å². The zero-order chi connectivity index (χ0) is 13.7. The van der Waals surface area contributed by atoms with Crippen LogP contribution in [0.5, 0.6) is 0 Å². The lowest BCUT2D eigenvalue weighted by atomic mass is 10.2. The number of nitrogens with one attached hydrogen (secondary N) is 1. The topological polar surface area (TPSA) is 102 Å². The number of nitrogen functional groups attached to an aromatic ring is 1. The Morgan fingerprint density at radius 2 is 2.22 bits per heavy atom. The van der Waals surface area contributed by atoms with Gasteiger partial charge >= 0.3 is 5.97 Å². The van der Waals surface area contributed by atoms with E-state index < -0.39 is 18.0 Å². The highest BCUT2D eigenvalue weighted by Crippen LogP contribution is 2.23. The number of methoxy groups -OCH3 is 1. The molecule has 4 N–H and O–H groups in total. The molecule has 1 rings (SSSR count). The Balaban J connectivity index is 2.66. The number of halogens is 1. The van der Waals surface area contributed by atoms with Crippen LogP contribution in [-0.4, -0.2) is 36.7 Å². The van der Waals surface area contributed by atoms with Gasteiger partial charge in [0.15, 0.2) is 6.10 Å². The molecule has 0 radical (unpaired) electrons. The van der Waals surface area contributed by atoms with Gasteiger partial charge in [0, 0.05) is 5.69 Å². The van der Waals surface area contributed by atoms with Gasteiger partial charge in [0.25, 0.3) is 5.91 Å². The maximum atomic E-state index is 11.8. The molecule has 0 spiro atoms. The van der Waals surface area contributed by atoms with Gasteiger partial charge in [-0.2, -0.15) is 0 Å². The number of carbonyl (C=O) groups excluding carboxylic acids is 2. The number of esters is 1. The minimum Gasteiger partial charge on any atom is -0.467 e. The molecular weight excluding hydrogens is 304 g/mol. The molecule has 1 aromatic rings. The summed E-state index contributed by atoms with van der Waals surface area (Å²) in [5.41, 5.74) is 6.39. The molecule has 1 atom stereocenters. The first kappa shape index (κ1) is 14.5. The number of aliphatic hydroxyl groups is 1. The number of ether oxygens (including phenoxy) is 1. The van der Waals surface area contributed by atoms with Crippen molar-refractivity contribution in [2.45, 2.75) is 6.10 Å². The minimum atomic E-state index is -1.39. The summed E-state index contributed by atoms with van der Waals surface area (Å²) in [4.78, 5) is 22.7. The van der Waals surface area contributed by atoms with Gasteiger partial charge in [-0.1, -0.05) is 6.07 Å². The Bertz CT molecular complexity index is 464. The summed E-state index contributed by atoms with van der Waals surface area (Å²) in [6.45, 7) is -0.229. The monoisotopic (exact) mass is 316 g/mol. The van der Waals surface area contributed by atoms with Crippen molar-refractivity contribution in [1.29, 1.82) is 0 Å². The van der Waals surface area contributed by atoms with E-state index in [1.165, 1.54) is 0 Å². The quantitative estimate of drug-likeness (QED) is 0.547. The Morgan fingerprint density at radius 3 is 2.83 bits per heavy atom. The lowest BCUT2D eigenvalue weighted by Gasteiger charge is -2.11. The smallest absolute Gasteiger partial charge is 0.336 e. The molecule has 7 heteroatoms. The minimum absolute atomic E-state index is 0.229. The number of aliphatic hydroxyl groups excluding tert-OH is 1. The van der Waals surface area contributed by atoms with Crippen molar-refractivity contribution in [3.8, 4) is 0 Å². The highest BCUT2D eigenvalue weighted by Gasteiger charge is 2.18. The number of hydrogen-bond donors (Lipinski definition) is 3. The van der Waals surface area contributed by atoms with Crippen LogP contribution in [0.1, 0.15) is 10.4 Å². The van der Waals surface area contributed by atoms with Crippen LogP contribution in [0.25, 0.3) is 0 Å². The molecule has 6 nitrogen and oxygen atoms in total. The molecular formula is C11H13BrN2O4. The zero-order valence-electron chi connectivity index (χ0n) is 9.64. The van der Waals surface area contributed by atoms with Crippen molar-refractivity contribution in [3.05, 3.63) is 28.2 Å². The Morgan fingerprint density at radius 1 is 1.56 bits per heavy atom. The fourth-order valence-corrected chi connectivity index (χ4v) is 1.67. The third-order valence-electron chi connectivity index (χ3n) is 2.20. The molecule has 0 fully saturated rings. The highest BCUT2D eigenvalue weighted by molar-refractivity contribution is 9.10. The zero-order valence-corrected chi connectivity index (χ0v) is 11.2. The van der Waals surface area contributed by atoms with E-state index in [1.54, 1.807) is 18.2 Å². The standard InChI is InChI=1S/C11H13BrN2O4/c1-18-11(17)8(15)5-14-10(16)6-3-2-4-7(13)9(6)12/h2-4,8,15H,5,13H2,1H3,(H,14,16). The van der Waals surface area contributed by atoms with Crippen LogP contribution in [-0.2, 0) is 9.53 Å². The third kappa shape index (κ3) is 3.44. The van der Waals surface area contributed by atoms with Gasteiger partial charge in [-0.3, -0.25) is 4.79 Å². The molecule has 98 valence electrons. The predicted octanol–water partition coefficient (Wildman–Crippen LogP) is 0.295. The summed E-state index contributed by atoms with van der Waals surface area (Å²) in [5, 5.41) is 11.7. The van der Waals surface area contributed by atoms with Crippen molar-refractivity contribution < 1.29 is 19.4 Å². The molecule has 0 bridgehead atoms. The van der Waals surface area contributed by atoms with E-state index in [4.69, 9.17) is 5.73 Å². The molecule has 1 aromatic carbocycles. The van der Waals surface area contributed by atoms with Gasteiger partial charge in [0.1, 0.15) is 0 Å². The van der Waals surface area contributed by atoms with E-state index in [0.29, 0.717) is 15.7 Å². The van der Waals surface area contributed by atoms with Crippen LogP contribution >= 0.6 is 15.9 Å². The van der Waals surface area contributed by atoms with Crippen molar-refractivity contribution in [3.63, 3.8) is 0 Å². The first-order chi connectivity index (χ1) is 8.47. The summed E-state index contributed by atoms with van der Waals surface area (Å²) in [6.07, 6.45) is -1.39. The first-order valence-electron chi connectivity index (χ1n) is 5.05. The molecule has 0 aliphatic rings. The second kappa shape index (κ2) is 6.36. The summed E-state index contributed by atoms with van der Waals surface area (Å²) in [5.74, 6) is -1.25. The molecule has 18 heavy (non-hydrogen) atoms. The van der Waals surface area contributed by atoms with Gasteiger partial charge in [-0.15, -0.1) is 0 Å². The second-order valence-corrected chi connectivity index (χ2v) is 4.25. The molecule has 0 aromatic heterocycles. The van der Waals surface area contributed by atoms with Gasteiger partial charge in [-0.05, 0) is 28.1 Å². The van der Waals surface area contributed by atoms with Crippen molar-refractivity contribution in [2.75, 3.05) is 19.4 Å². The van der Waals surface area contributed by atoms with Crippen LogP contribution in [0.2, 0.25) is 0 Å². The lowest BCUT2D eigenvalue weighted by molar-refractivity contribution is -0.149. The van der Waals surface area contributed by atoms with E-state index in [1.807, 2.05) is 0 Å². The number of nitrogens with two attached hydrogens (primary N) is 1. The SMILES string of the molecule is COC(=O)C(O)CNC(=O)c1cccc(N)c1Br. The lowest BCUT2D eigenvalue weighted by Crippen LogP contribution is -2.37. The van der Waals surface area contributed by atoms with Gasteiger partial charge in [0.05, 0.1) is 23.7 Å². The van der Waals surface area contributed by atoms with Gasteiger partial charge in [0.2, 0.25) is 0 Å². The van der Waals surface area contributed by atoms with E-state index >= 15 is 0 Å². The molecule has 1 unspecified atom stereocenters. The number of carbonyl (C=O) groups is 2. The molecule has 0 saturated heterocycles. The summed E-state index contributed by atoms with van der Waals surface area (Å²) in [7, 11) is 1.15. The Kier molecular flexibility index (Phi) is 5.11. The molecule has 0 aliphatic carbocycles. The van der Waals surface area contributed by atoms with Crippen LogP contribution in [0, 0.1) is 0 Å². The predicted molar refractivity (Wildman–Crippen MR) is 68.9 cm³/mol. The van der Waals surface area contributed by atoms with Crippen LogP contribution in [0.15, 0.2) is 22.7 Å². The number of anilines is 1. The molecule has 0 heterocycles. The normalized spacial score (nSPS) is 11.7. The largest absolute Gasteiger partial charge is 0.467 e. The molecule has 1 amide bonds. The molecule has 0 saturated carbocycles. The van der Waals surface area contributed by atoms with Crippen molar-refractivity contribution in [2.24, 2.45) is 0 Å². The summed E-state index contributed by atoms with van der Waals surface area (Å²) in [6, 6.07) is 4.84. The number of benzene rings is 1. The van der Waals surface area contributed by atoms with Crippen molar-refractivity contribution in [1.82, 2.24) is 5.32 Å². The highest BCUT2D eigenvalue weighted by atomic mass is 79.9. The Hall–Kier alpha value is -1.60. The maximum absolute atomic E-state index is 11.8. The van der Waals surface area contributed by atoms with E-state index in [2.05, 4.69) is 26.0 Å². The van der Waals surface area contributed by atoms with Crippen LogP contribution in [0.4, 0.5) is 5.69 Å². The van der Waals surface area contributed by atoms with Crippen LogP contribution < -0.4 is 11.1 Å². The average Bonchev–Trinajstić information content (AvgIpc) is 2.37. The first-order valence-corrected chi connectivity index (χ1v) is 5.84. The summed E-state index contributed by atoms with van der Waals surface area (Å²) < 4.78 is 4.79. The maximum Gasteiger partial charge on any atom is 0.336 e. The third-order valence-corrected chi connectivity index (χ3v) is 3.09. The second-order valence-electron chi connectivity index (χ2n) is 3.46. The number of amides is 1. The number of rotatable bonds is 4. The Labute approximate surface area is 112 Å². The van der Waals surface area contributed by atoms with E-state index in [-0.39, 0.29) is 6.54 Å². The fourth-order valence-electron chi connectivity index (χ4n) is 1.23. The molecule has 0 aliphatic heterocycles. The van der Waals surface area contributed by atoms with E-state index in [9.17, 15) is 14.7 Å². The number of hydrogen-bond acceptors (Lipinski definition) is 5. The van der Waals surface area contributed by atoms with E-state index in [0.717, 1.165) is 7.11 Å². The average molecular weight is 317 g/mol. The summed E-state index contributed by atoms with van der Waals surface area (Å²) >= 11 is 3.19.